The Bertz CT molecular complexity index is 1100. The SMILES string of the molecule is Cc1ccccc1N1CCN(c2ncnc3c2cnn3-c2ccccc2)CC1. The molecule has 28 heavy (non-hydrogen) atoms. The lowest BCUT2D eigenvalue weighted by Crippen LogP contribution is -2.47. The molecule has 5 rings (SSSR count). The van der Waals surface area contributed by atoms with E-state index in [4.69, 9.17) is 0 Å². The molecule has 0 atom stereocenters. The van der Waals surface area contributed by atoms with Crippen LogP contribution >= 0.6 is 0 Å². The maximum absolute atomic E-state index is 4.60. The molecule has 6 nitrogen and oxygen atoms in total. The third kappa shape index (κ3) is 2.87. The normalized spacial score (nSPS) is 14.6. The summed E-state index contributed by atoms with van der Waals surface area (Å²) >= 11 is 0. The predicted octanol–water partition coefficient (Wildman–Crippen LogP) is 3.45. The molecule has 0 unspecified atom stereocenters. The molecule has 0 radical (unpaired) electrons. The van der Waals surface area contributed by atoms with Crippen LogP contribution in [0.15, 0.2) is 67.1 Å². The maximum Gasteiger partial charge on any atom is 0.168 e. The highest BCUT2D eigenvalue weighted by Gasteiger charge is 2.22. The van der Waals surface area contributed by atoms with Crippen LogP contribution in [-0.2, 0) is 0 Å². The van der Waals surface area contributed by atoms with E-state index in [1.807, 2.05) is 41.2 Å². The van der Waals surface area contributed by atoms with Crippen LogP contribution in [0.25, 0.3) is 16.7 Å². The summed E-state index contributed by atoms with van der Waals surface area (Å²) in [4.78, 5) is 13.9. The van der Waals surface area contributed by atoms with Gasteiger partial charge in [0.05, 0.1) is 17.3 Å². The predicted molar refractivity (Wildman–Crippen MR) is 112 cm³/mol. The molecular formula is C22H22N6. The van der Waals surface area contributed by atoms with Gasteiger partial charge >= 0.3 is 0 Å². The second-order valence-electron chi connectivity index (χ2n) is 7.09. The van der Waals surface area contributed by atoms with Crippen molar-refractivity contribution in [2.24, 2.45) is 0 Å². The lowest BCUT2D eigenvalue weighted by Gasteiger charge is -2.37. The van der Waals surface area contributed by atoms with Gasteiger partial charge in [0.1, 0.15) is 12.1 Å². The number of anilines is 2. The second-order valence-corrected chi connectivity index (χ2v) is 7.09. The number of benzene rings is 2. The van der Waals surface area contributed by atoms with Crippen LogP contribution in [0.4, 0.5) is 11.5 Å². The van der Waals surface area contributed by atoms with Gasteiger partial charge in [-0.2, -0.15) is 5.10 Å². The van der Waals surface area contributed by atoms with Crippen LogP contribution in [0, 0.1) is 6.92 Å². The molecule has 0 spiro atoms. The zero-order chi connectivity index (χ0) is 18.9. The molecule has 3 heterocycles. The summed E-state index contributed by atoms with van der Waals surface area (Å²) in [6, 6.07) is 18.7. The van der Waals surface area contributed by atoms with Crippen molar-refractivity contribution in [2.45, 2.75) is 6.92 Å². The monoisotopic (exact) mass is 370 g/mol. The molecule has 1 aliphatic heterocycles. The quantitative estimate of drug-likeness (QED) is 0.553. The van der Waals surface area contributed by atoms with Crippen molar-refractivity contribution in [2.75, 3.05) is 36.0 Å². The smallest absolute Gasteiger partial charge is 0.168 e. The van der Waals surface area contributed by atoms with Crippen molar-refractivity contribution < 1.29 is 0 Å². The van der Waals surface area contributed by atoms with Crippen molar-refractivity contribution in [3.63, 3.8) is 0 Å². The van der Waals surface area contributed by atoms with E-state index in [0.717, 1.165) is 48.7 Å². The molecule has 0 aliphatic carbocycles. The van der Waals surface area contributed by atoms with E-state index in [2.05, 4.69) is 56.1 Å². The van der Waals surface area contributed by atoms with E-state index in [0.29, 0.717) is 0 Å². The van der Waals surface area contributed by atoms with E-state index < -0.39 is 0 Å². The maximum atomic E-state index is 4.60. The molecule has 2 aromatic carbocycles. The van der Waals surface area contributed by atoms with Crippen molar-refractivity contribution in [3.8, 4) is 5.69 Å². The van der Waals surface area contributed by atoms with Crippen LogP contribution in [0.3, 0.4) is 0 Å². The highest BCUT2D eigenvalue weighted by atomic mass is 15.3. The lowest BCUT2D eigenvalue weighted by atomic mass is 10.1. The summed E-state index contributed by atoms with van der Waals surface area (Å²) < 4.78 is 1.88. The summed E-state index contributed by atoms with van der Waals surface area (Å²) in [5.74, 6) is 0.969. The number of aromatic nitrogens is 4. The van der Waals surface area contributed by atoms with Crippen LogP contribution < -0.4 is 9.80 Å². The van der Waals surface area contributed by atoms with Gasteiger partial charge in [0.2, 0.25) is 0 Å². The number of fused-ring (bicyclic) bond motifs is 1. The van der Waals surface area contributed by atoms with Gasteiger partial charge in [-0.1, -0.05) is 36.4 Å². The molecule has 1 saturated heterocycles. The molecule has 1 fully saturated rings. The van der Waals surface area contributed by atoms with E-state index in [9.17, 15) is 0 Å². The van der Waals surface area contributed by atoms with Gasteiger partial charge in [0, 0.05) is 31.9 Å². The van der Waals surface area contributed by atoms with E-state index in [1.165, 1.54) is 11.3 Å². The number of piperazine rings is 1. The Morgan fingerprint density at radius 1 is 0.786 bits per heavy atom. The van der Waals surface area contributed by atoms with Crippen LogP contribution in [0.2, 0.25) is 0 Å². The van der Waals surface area contributed by atoms with E-state index in [-0.39, 0.29) is 0 Å². The minimum Gasteiger partial charge on any atom is -0.368 e. The van der Waals surface area contributed by atoms with Gasteiger partial charge in [-0.05, 0) is 30.7 Å². The Labute approximate surface area is 164 Å². The van der Waals surface area contributed by atoms with Crippen molar-refractivity contribution >= 4 is 22.5 Å². The van der Waals surface area contributed by atoms with E-state index in [1.54, 1.807) is 6.33 Å². The summed E-state index contributed by atoms with van der Waals surface area (Å²) in [7, 11) is 0. The average Bonchev–Trinajstić information content (AvgIpc) is 3.19. The molecule has 0 saturated carbocycles. The molecule has 2 aromatic heterocycles. The van der Waals surface area contributed by atoms with Crippen molar-refractivity contribution in [3.05, 3.63) is 72.7 Å². The Morgan fingerprint density at radius 3 is 2.29 bits per heavy atom. The molecule has 4 aromatic rings. The number of rotatable bonds is 3. The number of hydrogen-bond acceptors (Lipinski definition) is 5. The van der Waals surface area contributed by atoms with Gasteiger partial charge < -0.3 is 9.80 Å². The molecule has 0 amide bonds. The van der Waals surface area contributed by atoms with Gasteiger partial charge in [-0.3, -0.25) is 0 Å². The number of nitrogens with zero attached hydrogens (tertiary/aromatic N) is 6. The Kier molecular flexibility index (Phi) is 4.16. The number of aryl methyl sites for hydroxylation is 1. The second kappa shape index (κ2) is 6.96. The third-order valence-electron chi connectivity index (χ3n) is 5.38. The molecular weight excluding hydrogens is 348 g/mol. The highest BCUT2D eigenvalue weighted by molar-refractivity contribution is 5.87. The lowest BCUT2D eigenvalue weighted by molar-refractivity contribution is 0.647. The summed E-state index contributed by atoms with van der Waals surface area (Å²) in [6.45, 7) is 5.98. The fourth-order valence-electron chi connectivity index (χ4n) is 3.92. The topological polar surface area (TPSA) is 50.1 Å². The Balaban J connectivity index is 1.42. The Hall–Kier alpha value is -3.41. The third-order valence-corrected chi connectivity index (χ3v) is 5.38. The van der Waals surface area contributed by atoms with Crippen molar-refractivity contribution in [1.82, 2.24) is 19.7 Å². The first-order chi connectivity index (χ1) is 13.8. The van der Waals surface area contributed by atoms with Gasteiger partial charge in [-0.25, -0.2) is 14.6 Å². The van der Waals surface area contributed by atoms with Gasteiger partial charge in [0.15, 0.2) is 5.65 Å². The standard InChI is InChI=1S/C22H22N6/c1-17-7-5-6-10-20(17)26-11-13-27(14-12-26)21-19-15-25-28(22(19)24-16-23-21)18-8-3-2-4-9-18/h2-10,15-16H,11-14H2,1H3. The average molecular weight is 370 g/mol. The van der Waals surface area contributed by atoms with Crippen LogP contribution in [0.1, 0.15) is 5.56 Å². The first-order valence-corrected chi connectivity index (χ1v) is 9.61. The molecule has 140 valence electrons. The molecule has 0 bridgehead atoms. The summed E-state index contributed by atoms with van der Waals surface area (Å²) in [5, 5.41) is 5.57. The summed E-state index contributed by atoms with van der Waals surface area (Å²) in [5.41, 5.74) is 4.50. The Morgan fingerprint density at radius 2 is 1.50 bits per heavy atom. The van der Waals surface area contributed by atoms with Crippen LogP contribution in [0.5, 0.6) is 0 Å². The fraction of sp³-hybridized carbons (Fsp3) is 0.227. The largest absolute Gasteiger partial charge is 0.368 e. The zero-order valence-electron chi connectivity index (χ0n) is 15.9. The molecule has 6 heteroatoms. The molecule has 1 aliphatic rings. The zero-order valence-corrected chi connectivity index (χ0v) is 15.9. The molecule has 0 N–H and O–H groups in total. The number of para-hydroxylation sites is 2. The van der Waals surface area contributed by atoms with Gasteiger partial charge in [-0.15, -0.1) is 0 Å². The van der Waals surface area contributed by atoms with Crippen LogP contribution in [-0.4, -0.2) is 45.9 Å². The first-order valence-electron chi connectivity index (χ1n) is 9.61. The minimum absolute atomic E-state index is 0.845. The minimum atomic E-state index is 0.845. The highest BCUT2D eigenvalue weighted by Crippen LogP contribution is 2.27. The van der Waals surface area contributed by atoms with Gasteiger partial charge in [0.25, 0.3) is 0 Å². The fourth-order valence-corrected chi connectivity index (χ4v) is 3.92. The van der Waals surface area contributed by atoms with Crippen molar-refractivity contribution in [1.29, 1.82) is 0 Å². The van der Waals surface area contributed by atoms with E-state index >= 15 is 0 Å². The summed E-state index contributed by atoms with van der Waals surface area (Å²) in [6.07, 6.45) is 3.53. The first kappa shape index (κ1) is 16.7. The number of hydrogen-bond donors (Lipinski definition) is 0.